The van der Waals surface area contributed by atoms with Gasteiger partial charge in [-0.2, -0.15) is 0 Å². The van der Waals surface area contributed by atoms with Crippen molar-refractivity contribution >= 4 is 0 Å². The van der Waals surface area contributed by atoms with Crippen molar-refractivity contribution in [1.29, 1.82) is 0 Å². The molecule has 3 N–H and O–H groups in total. The number of hydrogen-bond donors (Lipinski definition) is 3. The molecule has 142 valence electrons. The number of aliphatic hydroxyl groups is 2. The van der Waals surface area contributed by atoms with E-state index in [9.17, 15) is 10.2 Å². The normalized spacial score (nSPS) is 58.0. The van der Waals surface area contributed by atoms with Crippen molar-refractivity contribution in [2.24, 2.45) is 23.7 Å². The molecular formula is C19H32NO5+. The molecule has 5 rings (SSSR count). The van der Waals surface area contributed by atoms with E-state index in [1.807, 2.05) is 0 Å². The van der Waals surface area contributed by atoms with Crippen LogP contribution in [0.2, 0.25) is 0 Å². The molecule has 0 aromatic heterocycles. The summed E-state index contributed by atoms with van der Waals surface area (Å²) >= 11 is 0. The van der Waals surface area contributed by atoms with Crippen LogP contribution in [0.4, 0.5) is 0 Å². The lowest BCUT2D eigenvalue weighted by atomic mass is 9.61. The van der Waals surface area contributed by atoms with Gasteiger partial charge in [0.25, 0.3) is 0 Å². The SMILES string of the molecule is COC1C(O)CCC2CC3C4CC5OCOC5CC4[C@H](O)C[NH+]3CC21. The van der Waals surface area contributed by atoms with Gasteiger partial charge in [-0.3, -0.25) is 0 Å². The van der Waals surface area contributed by atoms with Crippen LogP contribution in [-0.4, -0.2) is 73.8 Å². The second-order valence-electron chi connectivity index (χ2n) is 9.07. The zero-order valence-corrected chi connectivity index (χ0v) is 15.0. The minimum absolute atomic E-state index is 0.0376. The Balaban J connectivity index is 1.37. The summed E-state index contributed by atoms with van der Waals surface area (Å²) in [6, 6.07) is 0.618. The molecule has 6 nitrogen and oxygen atoms in total. The number of nitrogens with one attached hydrogen (secondary N) is 1. The van der Waals surface area contributed by atoms with Crippen molar-refractivity contribution < 1.29 is 29.3 Å². The van der Waals surface area contributed by atoms with Crippen molar-refractivity contribution in [3.05, 3.63) is 0 Å². The van der Waals surface area contributed by atoms with Crippen molar-refractivity contribution in [3.8, 4) is 0 Å². The first-order chi connectivity index (χ1) is 12.2. The van der Waals surface area contributed by atoms with Gasteiger partial charge in [0, 0.05) is 31.3 Å². The second kappa shape index (κ2) is 6.43. The van der Waals surface area contributed by atoms with E-state index < -0.39 is 0 Å². The Labute approximate surface area is 149 Å². The molecule has 3 heterocycles. The topological polar surface area (TPSA) is 72.6 Å². The third kappa shape index (κ3) is 2.68. The molecule has 11 atom stereocenters. The molecule has 3 saturated heterocycles. The van der Waals surface area contributed by atoms with Crippen LogP contribution in [0.3, 0.4) is 0 Å². The van der Waals surface area contributed by atoms with E-state index in [2.05, 4.69) is 0 Å². The molecule has 5 fully saturated rings. The maximum atomic E-state index is 10.8. The zero-order valence-electron chi connectivity index (χ0n) is 15.0. The molecule has 25 heavy (non-hydrogen) atoms. The number of aliphatic hydroxyl groups excluding tert-OH is 2. The zero-order chi connectivity index (χ0) is 17.1. The fraction of sp³-hybridized carbons (Fsp3) is 1.00. The molecule has 2 aliphatic carbocycles. The Morgan fingerprint density at radius 3 is 2.40 bits per heavy atom. The molecule has 5 aliphatic rings. The van der Waals surface area contributed by atoms with Crippen LogP contribution in [0.1, 0.15) is 32.1 Å². The highest BCUT2D eigenvalue weighted by molar-refractivity contribution is 5.00. The third-order valence-electron chi connectivity index (χ3n) is 8.11. The lowest BCUT2D eigenvalue weighted by molar-refractivity contribution is -0.951. The number of hydrogen-bond acceptors (Lipinski definition) is 5. The first kappa shape index (κ1) is 16.9. The summed E-state index contributed by atoms with van der Waals surface area (Å²) in [4.78, 5) is 1.53. The average Bonchev–Trinajstić information content (AvgIpc) is 3.07. The Kier molecular flexibility index (Phi) is 4.34. The monoisotopic (exact) mass is 354 g/mol. The molecule has 0 spiro atoms. The maximum absolute atomic E-state index is 10.8. The predicted molar refractivity (Wildman–Crippen MR) is 89.0 cm³/mol. The van der Waals surface area contributed by atoms with Gasteiger partial charge in [-0.15, -0.1) is 0 Å². The second-order valence-corrected chi connectivity index (χ2v) is 9.07. The van der Waals surface area contributed by atoms with Gasteiger partial charge in [-0.05, 0) is 31.6 Å². The lowest BCUT2D eigenvalue weighted by Gasteiger charge is -2.55. The van der Waals surface area contributed by atoms with Gasteiger partial charge >= 0.3 is 0 Å². The summed E-state index contributed by atoms with van der Waals surface area (Å²) in [5.74, 6) is 1.97. The van der Waals surface area contributed by atoms with Crippen LogP contribution in [-0.2, 0) is 14.2 Å². The summed E-state index contributed by atoms with van der Waals surface area (Å²) in [6.07, 6.45) is 4.98. The first-order valence-corrected chi connectivity index (χ1v) is 10.1. The Bertz CT molecular complexity index is 504. The lowest BCUT2D eigenvalue weighted by Crippen LogP contribution is -3.21. The number of piperidine rings is 2. The summed E-state index contributed by atoms with van der Waals surface area (Å²) in [5.41, 5.74) is 0. The summed E-state index contributed by atoms with van der Waals surface area (Å²) in [6.45, 7) is 2.28. The van der Waals surface area contributed by atoms with E-state index in [0.717, 1.165) is 38.8 Å². The van der Waals surface area contributed by atoms with Gasteiger partial charge in [0.15, 0.2) is 0 Å². The molecule has 0 aromatic carbocycles. The number of fused-ring (bicyclic) bond motifs is 5. The molecule has 0 bridgehead atoms. The summed E-state index contributed by atoms with van der Waals surface area (Å²) < 4.78 is 17.2. The van der Waals surface area contributed by atoms with E-state index in [0.29, 0.717) is 36.5 Å². The first-order valence-electron chi connectivity index (χ1n) is 10.1. The third-order valence-corrected chi connectivity index (χ3v) is 8.11. The molecule has 0 amide bonds. The minimum atomic E-state index is -0.330. The maximum Gasteiger partial charge on any atom is 0.147 e. The predicted octanol–water partition coefficient (Wildman–Crippen LogP) is -0.812. The number of quaternary nitrogens is 1. The molecular weight excluding hydrogens is 322 g/mol. The van der Waals surface area contributed by atoms with Crippen LogP contribution in [0, 0.1) is 23.7 Å². The van der Waals surface area contributed by atoms with Crippen molar-refractivity contribution in [1.82, 2.24) is 0 Å². The molecule has 0 radical (unpaired) electrons. The molecule has 2 saturated carbocycles. The average molecular weight is 354 g/mol. The molecule has 10 unspecified atom stereocenters. The van der Waals surface area contributed by atoms with Crippen LogP contribution >= 0.6 is 0 Å². The van der Waals surface area contributed by atoms with E-state index in [4.69, 9.17) is 14.2 Å². The quantitative estimate of drug-likeness (QED) is 0.574. The fourth-order valence-electron chi connectivity index (χ4n) is 6.96. The van der Waals surface area contributed by atoms with E-state index >= 15 is 0 Å². The summed E-state index contributed by atoms with van der Waals surface area (Å²) in [5, 5.41) is 21.2. The van der Waals surface area contributed by atoms with Crippen molar-refractivity contribution in [3.63, 3.8) is 0 Å². The standard InChI is InChI=1S/C19H31NO5/c1-23-19-13-7-20-8-16(22)12-6-18-17(24-9-25-18)5-11(12)14(20)4-10(13)2-3-15(19)21/h10-19,21-22H,2-9H2,1H3/p+1/t10?,11?,12?,13?,14?,15?,16-,17?,18?,19?/m1/s1. The van der Waals surface area contributed by atoms with E-state index in [-0.39, 0.29) is 30.5 Å². The fourth-order valence-corrected chi connectivity index (χ4v) is 6.96. The molecule has 3 aliphatic heterocycles. The smallest absolute Gasteiger partial charge is 0.147 e. The van der Waals surface area contributed by atoms with Crippen molar-refractivity contribution in [2.45, 2.75) is 68.7 Å². The largest absolute Gasteiger partial charge is 0.390 e. The minimum Gasteiger partial charge on any atom is -0.390 e. The Morgan fingerprint density at radius 1 is 0.880 bits per heavy atom. The van der Waals surface area contributed by atoms with E-state index in [1.54, 1.807) is 7.11 Å². The van der Waals surface area contributed by atoms with Crippen LogP contribution in [0.15, 0.2) is 0 Å². The number of rotatable bonds is 1. The van der Waals surface area contributed by atoms with Gasteiger partial charge in [0.2, 0.25) is 0 Å². The van der Waals surface area contributed by atoms with Crippen LogP contribution in [0.5, 0.6) is 0 Å². The number of ether oxygens (including phenoxy) is 3. The van der Waals surface area contributed by atoms with Gasteiger partial charge in [-0.25, -0.2) is 0 Å². The highest BCUT2D eigenvalue weighted by Gasteiger charge is 2.57. The number of methoxy groups -OCH3 is 1. The Hall–Kier alpha value is -0.240. The van der Waals surface area contributed by atoms with Gasteiger partial charge in [-0.1, -0.05) is 0 Å². The van der Waals surface area contributed by atoms with Gasteiger partial charge in [0.05, 0.1) is 37.0 Å². The van der Waals surface area contributed by atoms with Crippen LogP contribution < -0.4 is 4.90 Å². The van der Waals surface area contributed by atoms with Gasteiger partial charge in [0.1, 0.15) is 19.4 Å². The summed E-state index contributed by atoms with van der Waals surface area (Å²) in [7, 11) is 1.73. The van der Waals surface area contributed by atoms with Crippen molar-refractivity contribution in [2.75, 3.05) is 27.0 Å². The highest BCUT2D eigenvalue weighted by Crippen LogP contribution is 2.45. The van der Waals surface area contributed by atoms with E-state index in [1.165, 1.54) is 11.3 Å². The van der Waals surface area contributed by atoms with Gasteiger partial charge < -0.3 is 29.3 Å². The molecule has 0 aromatic rings. The molecule has 6 heteroatoms. The van der Waals surface area contributed by atoms with Crippen LogP contribution in [0.25, 0.3) is 0 Å². The highest BCUT2D eigenvalue weighted by atomic mass is 16.7. The Morgan fingerprint density at radius 2 is 1.64 bits per heavy atom.